The number of nitrogens with zero attached hydrogens (tertiary/aromatic N) is 2. The topological polar surface area (TPSA) is 61.1 Å². The lowest BCUT2D eigenvalue weighted by molar-refractivity contribution is 0.112. The molecular weight excluding hydrogens is 307 g/mol. The molecule has 2 aromatic heterocycles. The van der Waals surface area contributed by atoms with Crippen molar-refractivity contribution in [3.05, 3.63) is 31.3 Å². The molecule has 1 fully saturated rings. The monoisotopic (exact) mass is 324 g/mol. The van der Waals surface area contributed by atoms with Crippen molar-refractivity contribution in [1.82, 2.24) is 9.13 Å². The third kappa shape index (κ3) is 2.15. The molecule has 0 N–H and O–H groups in total. The van der Waals surface area contributed by atoms with E-state index < -0.39 is 6.67 Å². The number of aldehydes is 1. The van der Waals surface area contributed by atoms with Crippen LogP contribution in [0.15, 0.2) is 9.59 Å². The van der Waals surface area contributed by atoms with Crippen LogP contribution < -0.4 is 11.2 Å². The van der Waals surface area contributed by atoms with Gasteiger partial charge in [-0.15, -0.1) is 11.3 Å². The van der Waals surface area contributed by atoms with E-state index in [9.17, 15) is 18.8 Å². The van der Waals surface area contributed by atoms with Crippen LogP contribution in [-0.2, 0) is 6.54 Å². The molecule has 3 rings (SSSR count). The number of alkyl halides is 1. The predicted molar refractivity (Wildman–Crippen MR) is 83.9 cm³/mol. The fourth-order valence-electron chi connectivity index (χ4n) is 2.86. The van der Waals surface area contributed by atoms with Gasteiger partial charge in [0.25, 0.3) is 5.56 Å². The van der Waals surface area contributed by atoms with Gasteiger partial charge in [0.1, 0.15) is 4.83 Å². The third-order valence-corrected chi connectivity index (χ3v) is 5.54. The van der Waals surface area contributed by atoms with Gasteiger partial charge in [0.2, 0.25) is 0 Å². The van der Waals surface area contributed by atoms with Crippen LogP contribution in [0.25, 0.3) is 10.2 Å². The van der Waals surface area contributed by atoms with Crippen molar-refractivity contribution in [2.24, 2.45) is 5.92 Å². The molecule has 5 nitrogen and oxygen atoms in total. The quantitative estimate of drug-likeness (QED) is 0.793. The van der Waals surface area contributed by atoms with Gasteiger partial charge in [0.15, 0.2) is 6.29 Å². The first-order valence-corrected chi connectivity index (χ1v) is 8.12. The van der Waals surface area contributed by atoms with Crippen LogP contribution in [0.5, 0.6) is 0 Å². The highest BCUT2D eigenvalue weighted by Crippen LogP contribution is 2.41. The van der Waals surface area contributed by atoms with Gasteiger partial charge in [-0.1, -0.05) is 6.92 Å². The van der Waals surface area contributed by atoms with Crippen LogP contribution in [0.2, 0.25) is 0 Å². The van der Waals surface area contributed by atoms with Crippen LogP contribution in [0, 0.1) is 12.8 Å². The van der Waals surface area contributed by atoms with Gasteiger partial charge in [0, 0.05) is 12.6 Å². The minimum absolute atomic E-state index is 0.0833. The van der Waals surface area contributed by atoms with E-state index >= 15 is 0 Å². The molecule has 2 aromatic rings. The second-order valence-corrected chi connectivity index (χ2v) is 6.85. The van der Waals surface area contributed by atoms with Crippen molar-refractivity contribution in [1.29, 1.82) is 0 Å². The highest BCUT2D eigenvalue weighted by atomic mass is 32.1. The molecular formula is C15H17FN2O3S. The molecule has 0 amide bonds. The Labute approximate surface area is 130 Å². The van der Waals surface area contributed by atoms with Crippen molar-refractivity contribution >= 4 is 27.8 Å². The van der Waals surface area contributed by atoms with E-state index in [2.05, 4.69) is 0 Å². The van der Waals surface area contributed by atoms with Gasteiger partial charge in [-0.05, 0) is 31.2 Å². The van der Waals surface area contributed by atoms with E-state index in [-0.39, 0.29) is 30.3 Å². The maximum atomic E-state index is 12.7. The molecule has 2 unspecified atom stereocenters. The molecule has 7 heteroatoms. The summed E-state index contributed by atoms with van der Waals surface area (Å²) in [6.45, 7) is 3.39. The average molecular weight is 324 g/mol. The van der Waals surface area contributed by atoms with Crippen molar-refractivity contribution in [3.63, 3.8) is 0 Å². The zero-order chi connectivity index (χ0) is 16.0. The number of aryl methyl sites for hydroxylation is 2. The van der Waals surface area contributed by atoms with Gasteiger partial charge in [0.05, 0.1) is 16.9 Å². The number of hydrogen-bond donors (Lipinski definition) is 0. The summed E-state index contributed by atoms with van der Waals surface area (Å²) in [7, 11) is 0. The van der Waals surface area contributed by atoms with Gasteiger partial charge in [-0.3, -0.25) is 23.1 Å². The van der Waals surface area contributed by atoms with Gasteiger partial charge in [-0.2, -0.15) is 0 Å². The minimum Gasteiger partial charge on any atom is -0.297 e. The largest absolute Gasteiger partial charge is 0.332 e. The molecule has 0 spiro atoms. The Morgan fingerprint density at radius 2 is 2.09 bits per heavy atom. The second-order valence-electron chi connectivity index (χ2n) is 5.82. The Bertz CT molecular complexity index is 864. The minimum atomic E-state index is -0.530. The second kappa shape index (κ2) is 5.46. The fraction of sp³-hybridized carbons (Fsp3) is 0.533. The van der Waals surface area contributed by atoms with Crippen molar-refractivity contribution in [2.75, 3.05) is 6.67 Å². The molecule has 2 atom stereocenters. The molecule has 0 aliphatic heterocycles. The smallest absolute Gasteiger partial charge is 0.297 e. The molecule has 0 aromatic carbocycles. The molecule has 118 valence electrons. The lowest BCUT2D eigenvalue weighted by Crippen LogP contribution is -2.39. The first-order chi connectivity index (χ1) is 10.5. The Balaban J connectivity index is 2.37. The standard InChI is InChI=1S/C15H17FN2O3S/c1-8-6-10(8)18-13(20)12-9(2)11(7-19)22-14(12)17(15(18)21)5-3-4-16/h7-8,10H,3-6H2,1-2H3. The normalized spacial score (nSPS) is 20.5. The maximum Gasteiger partial charge on any atom is 0.332 e. The third-order valence-electron chi connectivity index (χ3n) is 4.30. The summed E-state index contributed by atoms with van der Waals surface area (Å²) in [5, 5.41) is 0.421. The first-order valence-electron chi connectivity index (χ1n) is 7.30. The van der Waals surface area contributed by atoms with Crippen molar-refractivity contribution in [3.8, 4) is 0 Å². The number of hydrogen-bond acceptors (Lipinski definition) is 4. The predicted octanol–water partition coefficient (Wildman–Crippen LogP) is 2.29. The van der Waals surface area contributed by atoms with Crippen LogP contribution in [0.3, 0.4) is 0 Å². The number of aromatic nitrogens is 2. The lowest BCUT2D eigenvalue weighted by atomic mass is 10.2. The number of fused-ring (bicyclic) bond motifs is 1. The van der Waals surface area contributed by atoms with E-state index in [0.717, 1.165) is 17.8 Å². The van der Waals surface area contributed by atoms with E-state index in [1.807, 2.05) is 6.92 Å². The fourth-order valence-corrected chi connectivity index (χ4v) is 4.00. The Morgan fingerprint density at radius 3 is 2.64 bits per heavy atom. The molecule has 0 radical (unpaired) electrons. The molecule has 1 aliphatic carbocycles. The summed E-state index contributed by atoms with van der Waals surface area (Å²) in [6, 6.07) is -0.0833. The summed E-state index contributed by atoms with van der Waals surface area (Å²) in [4.78, 5) is 37.5. The molecule has 1 aliphatic rings. The Morgan fingerprint density at radius 1 is 1.41 bits per heavy atom. The van der Waals surface area contributed by atoms with Gasteiger partial charge in [-0.25, -0.2) is 4.79 Å². The van der Waals surface area contributed by atoms with Crippen LogP contribution in [0.4, 0.5) is 4.39 Å². The lowest BCUT2D eigenvalue weighted by Gasteiger charge is -2.11. The zero-order valence-corrected chi connectivity index (χ0v) is 13.3. The average Bonchev–Trinajstić information content (AvgIpc) is 3.09. The van der Waals surface area contributed by atoms with Gasteiger partial charge < -0.3 is 0 Å². The summed E-state index contributed by atoms with van der Waals surface area (Å²) in [5.74, 6) is 0.293. The summed E-state index contributed by atoms with van der Waals surface area (Å²) in [5.41, 5.74) is -0.109. The summed E-state index contributed by atoms with van der Waals surface area (Å²) < 4.78 is 15.3. The molecule has 0 saturated heterocycles. The Hall–Kier alpha value is -1.76. The molecule has 1 saturated carbocycles. The van der Waals surface area contributed by atoms with Crippen molar-refractivity contribution < 1.29 is 9.18 Å². The molecule has 2 heterocycles. The SMILES string of the molecule is Cc1c(C=O)sc2c1c(=O)n(C1CC1C)c(=O)n2CCCF. The number of thiophene rings is 1. The summed E-state index contributed by atoms with van der Waals surface area (Å²) in [6.07, 6.45) is 1.71. The highest BCUT2D eigenvalue weighted by Gasteiger charge is 2.38. The summed E-state index contributed by atoms with van der Waals surface area (Å²) >= 11 is 1.13. The van der Waals surface area contributed by atoms with E-state index in [4.69, 9.17) is 0 Å². The first kappa shape index (κ1) is 15.1. The van der Waals surface area contributed by atoms with E-state index in [1.165, 1.54) is 9.13 Å². The molecule has 0 bridgehead atoms. The number of carbonyl (C=O) groups excluding carboxylic acids is 1. The number of rotatable bonds is 5. The number of carbonyl (C=O) groups is 1. The van der Waals surface area contributed by atoms with Crippen molar-refractivity contribution in [2.45, 2.75) is 39.3 Å². The van der Waals surface area contributed by atoms with E-state index in [1.54, 1.807) is 6.92 Å². The van der Waals surface area contributed by atoms with Crippen LogP contribution >= 0.6 is 11.3 Å². The van der Waals surface area contributed by atoms with Crippen LogP contribution in [-0.4, -0.2) is 22.1 Å². The Kier molecular flexibility index (Phi) is 3.76. The highest BCUT2D eigenvalue weighted by molar-refractivity contribution is 7.20. The van der Waals surface area contributed by atoms with Gasteiger partial charge >= 0.3 is 5.69 Å². The maximum absolute atomic E-state index is 12.7. The zero-order valence-electron chi connectivity index (χ0n) is 12.5. The number of halogens is 1. The molecule has 22 heavy (non-hydrogen) atoms. The van der Waals surface area contributed by atoms with E-state index in [0.29, 0.717) is 32.9 Å². The van der Waals surface area contributed by atoms with Crippen LogP contribution in [0.1, 0.15) is 41.0 Å².